The Morgan fingerprint density at radius 2 is 1.86 bits per heavy atom. The van der Waals surface area contributed by atoms with Gasteiger partial charge in [0.25, 0.3) is 0 Å². The Balaban J connectivity index is 1.80. The summed E-state index contributed by atoms with van der Waals surface area (Å²) in [6.45, 7) is -0.0485. The van der Waals surface area contributed by atoms with Gasteiger partial charge in [0.1, 0.15) is 5.70 Å². The van der Waals surface area contributed by atoms with Crippen molar-refractivity contribution in [1.82, 2.24) is 15.1 Å². The van der Waals surface area contributed by atoms with Crippen LogP contribution in [0.15, 0.2) is 27.1 Å². The zero-order valence-electron chi connectivity index (χ0n) is 14.8. The molecule has 158 valence electrons. The molecule has 0 fully saturated rings. The van der Waals surface area contributed by atoms with E-state index in [1.54, 1.807) is 0 Å². The molecule has 1 aromatic carbocycles. The maximum absolute atomic E-state index is 13.7. The van der Waals surface area contributed by atoms with Crippen LogP contribution in [0.1, 0.15) is 0 Å². The Labute approximate surface area is 192 Å². The first-order chi connectivity index (χ1) is 13.6. The molecule has 1 unspecified atom stereocenters. The third kappa shape index (κ3) is 5.31. The number of nitrogens with zero attached hydrogens (tertiary/aromatic N) is 3. The maximum Gasteiger partial charge on any atom is 0.432 e. The first kappa shape index (κ1) is 23.0. The van der Waals surface area contributed by atoms with Crippen LogP contribution in [0.5, 0.6) is 0 Å². The molecule has 2 heterocycles. The second-order valence-corrected chi connectivity index (χ2v) is 10.1. The minimum Gasteiger partial charge on any atom is -0.355 e. The summed E-state index contributed by atoms with van der Waals surface area (Å²) < 4.78 is 41.8. The summed E-state index contributed by atoms with van der Waals surface area (Å²) >= 11 is 21.9. The molecule has 2 N–H and O–H groups in total. The number of rotatable bonds is 6. The Kier molecular flexibility index (Phi) is 7.27. The predicted octanol–water partition coefficient (Wildman–Crippen LogP) is 6.48. The van der Waals surface area contributed by atoms with E-state index in [4.69, 9.17) is 34.8 Å². The van der Waals surface area contributed by atoms with Crippen LogP contribution in [0, 0.1) is 0 Å². The monoisotopic (exact) mass is 521 g/mol. The molecule has 5 nitrogen and oxygen atoms in total. The van der Waals surface area contributed by atoms with Crippen molar-refractivity contribution in [3.05, 3.63) is 37.8 Å². The summed E-state index contributed by atoms with van der Waals surface area (Å²) in [5, 5.41) is 14.9. The maximum atomic E-state index is 13.7. The van der Waals surface area contributed by atoms with Gasteiger partial charge in [0.2, 0.25) is 5.13 Å². The third-order valence-corrected chi connectivity index (χ3v) is 7.70. The summed E-state index contributed by atoms with van der Waals surface area (Å²) in [5.74, 6) is 0. The summed E-state index contributed by atoms with van der Waals surface area (Å²) in [4.78, 5) is 1.22. The second kappa shape index (κ2) is 9.19. The Hall–Kier alpha value is -0.720. The van der Waals surface area contributed by atoms with Gasteiger partial charge in [0.05, 0.1) is 22.3 Å². The van der Waals surface area contributed by atoms with Gasteiger partial charge >= 0.3 is 6.18 Å². The molecule has 1 aliphatic rings. The van der Waals surface area contributed by atoms with Crippen molar-refractivity contribution < 1.29 is 13.2 Å². The molecule has 29 heavy (non-hydrogen) atoms. The van der Waals surface area contributed by atoms with E-state index in [-0.39, 0.29) is 21.5 Å². The summed E-state index contributed by atoms with van der Waals surface area (Å²) in [6, 6.07) is 2.94. The van der Waals surface area contributed by atoms with Gasteiger partial charge in [-0.1, -0.05) is 69.7 Å². The van der Waals surface area contributed by atoms with Crippen LogP contribution in [0.4, 0.5) is 24.0 Å². The summed E-state index contributed by atoms with van der Waals surface area (Å²) in [7, 11) is 1.36. The molecule has 2 aromatic rings. The van der Waals surface area contributed by atoms with Gasteiger partial charge in [-0.15, -0.1) is 10.2 Å². The Bertz CT molecular complexity index is 914. The van der Waals surface area contributed by atoms with Crippen molar-refractivity contribution in [2.24, 2.45) is 0 Å². The highest BCUT2D eigenvalue weighted by molar-refractivity contribution is 8.04. The zero-order valence-corrected chi connectivity index (χ0v) is 19.5. The molecule has 14 heteroatoms. The molecule has 1 atom stereocenters. The van der Waals surface area contributed by atoms with Gasteiger partial charge in [-0.05, 0) is 18.4 Å². The largest absolute Gasteiger partial charge is 0.432 e. The molecule has 1 aliphatic heterocycles. The highest BCUT2D eigenvalue weighted by Gasteiger charge is 2.46. The number of nitrogens with one attached hydrogen (secondary N) is 2. The molecule has 3 rings (SSSR count). The number of halogens is 6. The van der Waals surface area contributed by atoms with Crippen molar-refractivity contribution in [2.75, 3.05) is 30.5 Å². The van der Waals surface area contributed by atoms with Crippen LogP contribution in [0.25, 0.3) is 0 Å². The summed E-state index contributed by atoms with van der Waals surface area (Å²) in [5.41, 5.74) is -1.20. The normalized spacial score (nSPS) is 17.2. The van der Waals surface area contributed by atoms with Gasteiger partial charge in [0, 0.05) is 17.0 Å². The molecule has 0 amide bonds. The lowest BCUT2D eigenvalue weighted by Crippen LogP contribution is -2.36. The first-order valence-corrected chi connectivity index (χ1v) is 11.9. The van der Waals surface area contributed by atoms with Crippen molar-refractivity contribution in [1.29, 1.82) is 0 Å². The van der Waals surface area contributed by atoms with Crippen molar-refractivity contribution in [2.45, 2.75) is 16.0 Å². The van der Waals surface area contributed by atoms with Gasteiger partial charge in [0.15, 0.2) is 9.84 Å². The summed E-state index contributed by atoms with van der Waals surface area (Å²) in [6.07, 6.45) is -2.69. The number of hydrogen-bond donors (Lipinski definition) is 2. The number of anilines is 2. The Morgan fingerprint density at radius 1 is 1.21 bits per heavy atom. The molecule has 1 aromatic heterocycles. The molecule has 0 aliphatic carbocycles. The van der Waals surface area contributed by atoms with E-state index in [0.29, 0.717) is 15.8 Å². The van der Waals surface area contributed by atoms with Crippen LogP contribution < -0.4 is 10.6 Å². The van der Waals surface area contributed by atoms with E-state index in [1.165, 1.54) is 42.3 Å². The van der Waals surface area contributed by atoms with E-state index in [2.05, 4.69) is 20.8 Å². The average Bonchev–Trinajstić information content (AvgIpc) is 3.20. The van der Waals surface area contributed by atoms with Crippen LogP contribution in [-0.2, 0) is 0 Å². The zero-order chi connectivity index (χ0) is 21.3. The highest BCUT2D eigenvalue weighted by Crippen LogP contribution is 2.46. The second-order valence-electron chi connectivity index (χ2n) is 5.67. The smallest absolute Gasteiger partial charge is 0.355 e. The number of alkyl halides is 3. The molecule has 0 radical (unpaired) electrons. The van der Waals surface area contributed by atoms with Crippen molar-refractivity contribution >= 4 is 80.5 Å². The number of allylic oxidation sites excluding steroid dienone is 1. The number of aromatic nitrogens is 2. The predicted molar refractivity (Wildman–Crippen MR) is 117 cm³/mol. The van der Waals surface area contributed by atoms with Gasteiger partial charge in [-0.2, -0.15) is 13.2 Å². The minimum atomic E-state index is -4.53. The molecule has 0 bridgehead atoms. The van der Waals surface area contributed by atoms with E-state index >= 15 is 0 Å². The molecule has 0 saturated carbocycles. The average molecular weight is 523 g/mol. The van der Waals surface area contributed by atoms with E-state index in [0.717, 1.165) is 21.0 Å². The third-order valence-electron chi connectivity index (χ3n) is 3.75. The van der Waals surface area contributed by atoms with E-state index < -0.39 is 17.4 Å². The lowest BCUT2D eigenvalue weighted by Gasteiger charge is -2.27. The lowest BCUT2D eigenvalue weighted by atomic mass is 10.3. The number of thioether (sulfide) groups is 2. The molecule has 0 spiro atoms. The van der Waals surface area contributed by atoms with E-state index in [1.807, 2.05) is 6.26 Å². The van der Waals surface area contributed by atoms with Crippen LogP contribution in [-0.4, -0.2) is 46.6 Å². The standard InChI is InChI=1S/C15H13Cl3F3N5S3/c1-26-11(15(19,20)21)9(5-22-12-24-25-14(27-2)29-12)28-13(26)23-10-7(17)3-6(16)4-8(10)18/h3-4,13,23H,5H2,1-2H3,(H,22,24). The molecular formula is C15H13Cl3F3N5S3. The van der Waals surface area contributed by atoms with Crippen molar-refractivity contribution in [3.8, 4) is 0 Å². The molecule has 0 saturated heterocycles. The first-order valence-electron chi connectivity index (χ1n) is 7.82. The van der Waals surface area contributed by atoms with Crippen LogP contribution >= 0.6 is 69.7 Å². The molecular weight excluding hydrogens is 510 g/mol. The van der Waals surface area contributed by atoms with Crippen LogP contribution in [0.3, 0.4) is 0 Å². The van der Waals surface area contributed by atoms with Gasteiger partial charge < -0.3 is 15.5 Å². The fourth-order valence-electron chi connectivity index (χ4n) is 2.52. The van der Waals surface area contributed by atoms with Crippen LogP contribution in [0.2, 0.25) is 15.1 Å². The van der Waals surface area contributed by atoms with E-state index in [9.17, 15) is 13.2 Å². The van der Waals surface area contributed by atoms with Gasteiger partial charge in [-0.3, -0.25) is 0 Å². The fourth-order valence-corrected chi connectivity index (χ4v) is 5.84. The number of benzene rings is 1. The quantitative estimate of drug-likeness (QED) is 0.421. The highest BCUT2D eigenvalue weighted by atomic mass is 35.5. The SMILES string of the molecule is CSc1nnc(NCC2=C(C(F)(F)F)N(C)C(Nc3c(Cl)cc(Cl)cc3Cl)S2)s1. The van der Waals surface area contributed by atoms with Gasteiger partial charge in [-0.25, -0.2) is 0 Å². The minimum absolute atomic E-state index is 0.0485. The van der Waals surface area contributed by atoms with Crippen molar-refractivity contribution in [3.63, 3.8) is 0 Å². The Morgan fingerprint density at radius 3 is 2.41 bits per heavy atom. The lowest BCUT2D eigenvalue weighted by molar-refractivity contribution is -0.109. The number of hydrogen-bond acceptors (Lipinski definition) is 8. The fraction of sp³-hybridized carbons (Fsp3) is 0.333. The topological polar surface area (TPSA) is 53.1 Å².